The molecule has 38 heavy (non-hydrogen) atoms. The number of carbonyl (C=O) groups excluding carboxylic acids is 1. The lowest BCUT2D eigenvalue weighted by molar-refractivity contribution is -0.143. The Morgan fingerprint density at radius 1 is 1.03 bits per heavy atom. The van der Waals surface area contributed by atoms with Gasteiger partial charge in [-0.05, 0) is 66.1 Å². The number of aromatic nitrogens is 2. The molecule has 1 aromatic heterocycles. The van der Waals surface area contributed by atoms with Gasteiger partial charge < -0.3 is 10.0 Å². The quantitative estimate of drug-likeness (QED) is 0.340. The number of rotatable bonds is 3. The summed E-state index contributed by atoms with van der Waals surface area (Å²) in [5.74, 6) is -0.381. The molecule has 2 aliphatic rings. The second-order valence-electron chi connectivity index (χ2n) is 9.02. The third-order valence-electron chi connectivity index (χ3n) is 6.37. The van der Waals surface area contributed by atoms with Crippen LogP contribution in [0.4, 0.5) is 26.3 Å². The Bertz CT molecular complexity index is 1450. The van der Waals surface area contributed by atoms with E-state index in [9.17, 15) is 36.2 Å². The number of nitrogens with zero attached hydrogens (tertiary/aromatic N) is 4. The standard InChI is InChI=1S/C25H20F6N4O2S/c26-24(27,28)17-3-2-15(19(11-17)25(29,30)31)13-35-20-4-1-14(9-16(20)12-32-35)10-21-22(37)33-23(38-21)34-7-5-18(36)6-8-34/h1-4,9-12,18,36H,5-8,13H2/b21-10-. The number of hydrogen-bond acceptors (Lipinski definition) is 5. The number of piperidine rings is 1. The lowest BCUT2D eigenvalue weighted by Crippen LogP contribution is -2.38. The first-order valence-corrected chi connectivity index (χ1v) is 12.4. The summed E-state index contributed by atoms with van der Waals surface area (Å²) in [6.45, 7) is 0.828. The molecular formula is C25H20F6N4O2S. The number of amides is 1. The number of amidine groups is 1. The van der Waals surface area contributed by atoms with Gasteiger partial charge in [0.2, 0.25) is 0 Å². The third-order valence-corrected chi connectivity index (χ3v) is 7.42. The van der Waals surface area contributed by atoms with Gasteiger partial charge in [-0.15, -0.1) is 0 Å². The van der Waals surface area contributed by atoms with Crippen molar-refractivity contribution in [3.63, 3.8) is 0 Å². The molecule has 2 aromatic carbocycles. The summed E-state index contributed by atoms with van der Waals surface area (Å²) >= 11 is 1.24. The highest BCUT2D eigenvalue weighted by molar-refractivity contribution is 8.18. The number of aliphatic hydroxyl groups excluding tert-OH is 1. The van der Waals surface area contributed by atoms with Crippen molar-refractivity contribution in [2.24, 2.45) is 4.99 Å². The second-order valence-corrected chi connectivity index (χ2v) is 10.0. The second kappa shape index (κ2) is 9.77. The molecule has 6 nitrogen and oxygen atoms in total. The molecule has 2 aliphatic heterocycles. The number of benzene rings is 2. The van der Waals surface area contributed by atoms with Gasteiger partial charge in [-0.3, -0.25) is 9.48 Å². The fraction of sp³-hybridized carbons (Fsp3) is 0.320. The summed E-state index contributed by atoms with van der Waals surface area (Å²) in [5, 5.41) is 15.0. The highest BCUT2D eigenvalue weighted by atomic mass is 32.2. The van der Waals surface area contributed by atoms with Crippen LogP contribution in [0.2, 0.25) is 0 Å². The molecule has 0 saturated carbocycles. The van der Waals surface area contributed by atoms with E-state index in [1.54, 1.807) is 24.3 Å². The SMILES string of the molecule is O=C1N=C(N2CCC(O)CC2)S/C1=C\c1ccc2c(cnn2Cc2ccc(C(F)(F)F)cc2C(F)(F)F)c1. The van der Waals surface area contributed by atoms with E-state index in [4.69, 9.17) is 0 Å². The largest absolute Gasteiger partial charge is 0.416 e. The number of aliphatic imine (C=N–C) groups is 1. The maximum Gasteiger partial charge on any atom is 0.416 e. The normalized spacial score (nSPS) is 18.6. The molecule has 0 spiro atoms. The van der Waals surface area contributed by atoms with Crippen LogP contribution in [0.1, 0.15) is 35.1 Å². The molecule has 1 amide bonds. The summed E-state index contributed by atoms with van der Waals surface area (Å²) in [4.78, 5) is 18.9. The molecule has 3 heterocycles. The van der Waals surface area contributed by atoms with Gasteiger partial charge in [-0.25, -0.2) is 0 Å². The van der Waals surface area contributed by atoms with Crippen molar-refractivity contribution in [1.82, 2.24) is 14.7 Å². The lowest BCUT2D eigenvalue weighted by Gasteiger charge is -2.30. The van der Waals surface area contributed by atoms with Crippen LogP contribution in [0, 0.1) is 0 Å². The van der Waals surface area contributed by atoms with Gasteiger partial charge >= 0.3 is 12.4 Å². The van der Waals surface area contributed by atoms with Gasteiger partial charge in [-0.2, -0.15) is 36.4 Å². The number of aliphatic hydroxyl groups is 1. The number of halogens is 6. The van der Waals surface area contributed by atoms with E-state index in [0.29, 0.717) is 58.5 Å². The zero-order chi connectivity index (χ0) is 27.2. The molecule has 13 heteroatoms. The minimum atomic E-state index is -4.97. The van der Waals surface area contributed by atoms with Crippen LogP contribution in [-0.2, 0) is 23.7 Å². The van der Waals surface area contributed by atoms with Gasteiger partial charge in [0.25, 0.3) is 5.91 Å². The number of carbonyl (C=O) groups is 1. The zero-order valence-electron chi connectivity index (χ0n) is 19.6. The van der Waals surface area contributed by atoms with Crippen molar-refractivity contribution in [2.75, 3.05) is 13.1 Å². The van der Waals surface area contributed by atoms with Crippen molar-refractivity contribution < 1.29 is 36.2 Å². The molecule has 0 bridgehead atoms. The molecule has 0 radical (unpaired) electrons. The van der Waals surface area contributed by atoms with E-state index >= 15 is 0 Å². The van der Waals surface area contributed by atoms with Crippen molar-refractivity contribution in [1.29, 1.82) is 0 Å². The summed E-state index contributed by atoms with van der Waals surface area (Å²) in [6, 6.07) is 6.58. The summed E-state index contributed by atoms with van der Waals surface area (Å²) in [7, 11) is 0. The number of hydrogen-bond donors (Lipinski definition) is 1. The summed E-state index contributed by atoms with van der Waals surface area (Å²) in [6.07, 6.45) is -5.91. The van der Waals surface area contributed by atoms with Crippen LogP contribution in [-0.4, -0.2) is 50.1 Å². The molecular weight excluding hydrogens is 534 g/mol. The maximum atomic E-state index is 13.5. The van der Waals surface area contributed by atoms with E-state index in [-0.39, 0.29) is 30.2 Å². The number of fused-ring (bicyclic) bond motifs is 1. The Balaban J connectivity index is 1.37. The van der Waals surface area contributed by atoms with E-state index in [1.165, 1.54) is 22.6 Å². The van der Waals surface area contributed by atoms with E-state index in [1.807, 2.05) is 4.90 Å². The van der Waals surface area contributed by atoms with Crippen molar-refractivity contribution in [3.05, 3.63) is 69.8 Å². The minimum Gasteiger partial charge on any atom is -0.393 e. The highest BCUT2D eigenvalue weighted by Gasteiger charge is 2.38. The molecule has 3 aromatic rings. The Morgan fingerprint density at radius 3 is 2.45 bits per heavy atom. The zero-order valence-corrected chi connectivity index (χ0v) is 20.4. The fourth-order valence-corrected chi connectivity index (χ4v) is 5.34. The summed E-state index contributed by atoms with van der Waals surface area (Å²) < 4.78 is 80.9. The predicted molar refractivity (Wildman–Crippen MR) is 130 cm³/mol. The Hall–Kier alpha value is -3.32. The topological polar surface area (TPSA) is 70.7 Å². The Labute approximate surface area is 216 Å². The van der Waals surface area contributed by atoms with Gasteiger partial charge in [0.1, 0.15) is 0 Å². The number of thioether (sulfide) groups is 1. The van der Waals surface area contributed by atoms with E-state index < -0.39 is 23.5 Å². The molecule has 0 unspecified atom stereocenters. The van der Waals surface area contributed by atoms with Crippen molar-refractivity contribution in [3.8, 4) is 0 Å². The predicted octanol–water partition coefficient (Wildman–Crippen LogP) is 5.55. The maximum absolute atomic E-state index is 13.5. The van der Waals surface area contributed by atoms with Crippen LogP contribution < -0.4 is 0 Å². The number of likely N-dealkylation sites (tertiary alicyclic amines) is 1. The molecule has 0 aliphatic carbocycles. The average molecular weight is 555 g/mol. The van der Waals surface area contributed by atoms with Crippen LogP contribution in [0.25, 0.3) is 17.0 Å². The van der Waals surface area contributed by atoms with Crippen LogP contribution in [0.15, 0.2) is 52.5 Å². The van der Waals surface area contributed by atoms with Gasteiger partial charge in [0, 0.05) is 18.5 Å². The Kier molecular flexibility index (Phi) is 6.76. The first kappa shape index (κ1) is 26.3. The highest BCUT2D eigenvalue weighted by Crippen LogP contribution is 2.38. The van der Waals surface area contributed by atoms with E-state index in [0.717, 1.165) is 6.07 Å². The summed E-state index contributed by atoms with van der Waals surface area (Å²) in [5.41, 5.74) is -1.95. The first-order chi connectivity index (χ1) is 17.9. The van der Waals surface area contributed by atoms with Crippen molar-refractivity contribution >= 4 is 39.8 Å². The van der Waals surface area contributed by atoms with Crippen LogP contribution in [0.5, 0.6) is 0 Å². The first-order valence-electron chi connectivity index (χ1n) is 11.6. The molecule has 200 valence electrons. The van der Waals surface area contributed by atoms with Gasteiger partial charge in [0.05, 0.1) is 40.4 Å². The number of alkyl halides is 6. The average Bonchev–Trinajstić information content (AvgIpc) is 3.41. The lowest BCUT2D eigenvalue weighted by atomic mass is 10.0. The smallest absolute Gasteiger partial charge is 0.393 e. The fourth-order valence-electron chi connectivity index (χ4n) is 4.38. The van der Waals surface area contributed by atoms with Gasteiger partial charge in [-0.1, -0.05) is 12.1 Å². The molecule has 1 N–H and O–H groups in total. The molecule has 1 saturated heterocycles. The minimum absolute atomic E-state index is 0.115. The van der Waals surface area contributed by atoms with Crippen LogP contribution in [0.3, 0.4) is 0 Å². The monoisotopic (exact) mass is 554 g/mol. The molecule has 0 atom stereocenters. The Morgan fingerprint density at radius 2 is 1.76 bits per heavy atom. The van der Waals surface area contributed by atoms with E-state index in [2.05, 4.69) is 10.1 Å². The van der Waals surface area contributed by atoms with Crippen molar-refractivity contribution in [2.45, 2.75) is 37.8 Å². The molecule has 1 fully saturated rings. The molecule has 5 rings (SSSR count). The van der Waals surface area contributed by atoms with Crippen LogP contribution >= 0.6 is 11.8 Å². The third kappa shape index (κ3) is 5.44. The van der Waals surface area contributed by atoms with Gasteiger partial charge in [0.15, 0.2) is 5.17 Å².